The molecular formula is C31H36F2N2O9. The normalized spacial score (nSPS) is 20.1. The van der Waals surface area contributed by atoms with Crippen molar-refractivity contribution in [3.63, 3.8) is 0 Å². The molecule has 0 radical (unpaired) electrons. The average Bonchev–Trinajstić information content (AvgIpc) is 3.26. The van der Waals surface area contributed by atoms with Crippen molar-refractivity contribution in [2.75, 3.05) is 13.2 Å². The molecule has 44 heavy (non-hydrogen) atoms. The number of carbonyl (C=O) groups excluding carboxylic acids is 2. The summed E-state index contributed by atoms with van der Waals surface area (Å²) in [6, 6.07) is 14.3. The fraction of sp³-hybridized carbons (Fsp3) is 0.419. The fourth-order valence-corrected chi connectivity index (χ4v) is 4.71. The van der Waals surface area contributed by atoms with Crippen molar-refractivity contribution < 1.29 is 48.0 Å². The quantitative estimate of drug-likeness (QED) is 0.0591. The highest BCUT2D eigenvalue weighted by molar-refractivity contribution is 5.82. The lowest BCUT2D eigenvalue weighted by molar-refractivity contribution is -0.763. The molecule has 1 aliphatic rings. The molecule has 0 heterocycles. The van der Waals surface area contributed by atoms with Crippen molar-refractivity contribution in [3.05, 3.63) is 94.6 Å². The Labute approximate surface area is 253 Å². The lowest BCUT2D eigenvalue weighted by Gasteiger charge is -2.20. The molecule has 3 rings (SSSR count). The van der Waals surface area contributed by atoms with Gasteiger partial charge in [-0.25, -0.2) is 4.79 Å². The first-order chi connectivity index (χ1) is 21.0. The van der Waals surface area contributed by atoms with E-state index in [1.54, 1.807) is 48.5 Å². The highest BCUT2D eigenvalue weighted by atomic mass is 19.3. The summed E-state index contributed by atoms with van der Waals surface area (Å²) in [7, 11) is 0. The number of hydrogen-bond donors (Lipinski definition) is 3. The highest BCUT2D eigenvalue weighted by Gasteiger charge is 2.40. The summed E-state index contributed by atoms with van der Waals surface area (Å²) in [5.41, 5.74) is 0.431. The van der Waals surface area contributed by atoms with E-state index in [4.69, 9.17) is 9.47 Å². The van der Waals surface area contributed by atoms with Crippen LogP contribution < -0.4 is 14.8 Å². The molecule has 238 valence electrons. The lowest BCUT2D eigenvalue weighted by atomic mass is 9.89. The average molecular weight is 619 g/mol. The molecule has 1 saturated carbocycles. The van der Waals surface area contributed by atoms with Crippen LogP contribution in [0.25, 0.3) is 0 Å². The molecule has 1 amide bonds. The minimum atomic E-state index is -3.26. The third-order valence-corrected chi connectivity index (χ3v) is 6.90. The van der Waals surface area contributed by atoms with Crippen LogP contribution in [0, 0.1) is 22.0 Å². The number of aliphatic hydroxyl groups excluding tert-OH is 2. The SMILES string of the molecule is O=C(CCC/C=C\C[C@@H]1[C@@H](/C=C/C(F)(F)COc2ccccc2)[C@H](O)C[C@@H]1O)NCC(=O)Oc1cccc(CO[N+](=O)[O-])c1. The van der Waals surface area contributed by atoms with Crippen molar-refractivity contribution in [2.45, 2.75) is 56.8 Å². The number of aliphatic hydroxyl groups is 2. The van der Waals surface area contributed by atoms with E-state index in [0.717, 1.165) is 6.08 Å². The van der Waals surface area contributed by atoms with Crippen molar-refractivity contribution in [2.24, 2.45) is 11.8 Å². The predicted octanol–water partition coefficient (Wildman–Crippen LogP) is 4.16. The Hall–Kier alpha value is -4.36. The molecule has 0 aromatic heterocycles. The van der Waals surface area contributed by atoms with Gasteiger partial charge in [0.05, 0.1) is 12.2 Å². The molecule has 2 aromatic carbocycles. The molecule has 0 bridgehead atoms. The number of alkyl halides is 2. The summed E-state index contributed by atoms with van der Waals surface area (Å²) in [6.45, 7) is -1.51. The van der Waals surface area contributed by atoms with Gasteiger partial charge in [0.25, 0.3) is 11.0 Å². The van der Waals surface area contributed by atoms with Gasteiger partial charge in [0.1, 0.15) is 24.7 Å². The predicted molar refractivity (Wildman–Crippen MR) is 154 cm³/mol. The number of ether oxygens (including phenoxy) is 2. The van der Waals surface area contributed by atoms with E-state index in [0.29, 0.717) is 30.6 Å². The standard InChI is InChI=1S/C31H36F2N2O9/c32-31(33,21-42-23-10-4-3-5-11-23)16-15-26-25(27(36)18-28(26)37)13-6-1-2-7-14-29(38)34-19-30(39)44-24-12-8-9-22(17-24)20-43-35(40)41/h1,3-6,8-12,15-17,25-28,36-37H,2,7,13-14,18-21H2,(H,34,38)/b6-1-,16-15+/t25-,26-,27+,28-/m1/s1. The van der Waals surface area contributed by atoms with Gasteiger partial charge in [-0.15, -0.1) is 10.1 Å². The first-order valence-electron chi connectivity index (χ1n) is 14.1. The zero-order valence-electron chi connectivity index (χ0n) is 23.9. The van der Waals surface area contributed by atoms with Crippen LogP contribution in [0.5, 0.6) is 11.5 Å². The Bertz CT molecular complexity index is 1290. The molecule has 0 unspecified atom stereocenters. The smallest absolute Gasteiger partial charge is 0.330 e. The maximum atomic E-state index is 14.4. The minimum Gasteiger partial charge on any atom is -0.487 e. The Kier molecular flexibility index (Phi) is 13.2. The number of nitrogens with one attached hydrogen (secondary N) is 1. The van der Waals surface area contributed by atoms with Crippen LogP contribution >= 0.6 is 0 Å². The summed E-state index contributed by atoms with van der Waals surface area (Å²) in [5, 5.41) is 32.6. The number of nitrogens with zero attached hydrogens (tertiary/aromatic N) is 1. The van der Waals surface area contributed by atoms with E-state index in [1.807, 2.05) is 6.08 Å². The molecule has 13 heteroatoms. The van der Waals surface area contributed by atoms with Crippen LogP contribution in [0.3, 0.4) is 0 Å². The molecule has 1 aliphatic carbocycles. The third kappa shape index (κ3) is 12.1. The van der Waals surface area contributed by atoms with Gasteiger partial charge in [-0.05, 0) is 61.1 Å². The number of para-hydroxylation sites is 1. The third-order valence-electron chi connectivity index (χ3n) is 6.90. The van der Waals surface area contributed by atoms with E-state index in [-0.39, 0.29) is 37.6 Å². The van der Waals surface area contributed by atoms with E-state index in [9.17, 15) is 38.7 Å². The Morgan fingerprint density at radius 2 is 1.82 bits per heavy atom. The molecule has 1 fully saturated rings. The van der Waals surface area contributed by atoms with Crippen LogP contribution in [0.2, 0.25) is 0 Å². The number of benzene rings is 2. The second-order valence-corrected chi connectivity index (χ2v) is 10.3. The molecule has 4 atom stereocenters. The summed E-state index contributed by atoms with van der Waals surface area (Å²) < 4.78 is 39.0. The fourth-order valence-electron chi connectivity index (χ4n) is 4.71. The van der Waals surface area contributed by atoms with Crippen molar-refractivity contribution >= 4 is 11.9 Å². The van der Waals surface area contributed by atoms with E-state index in [2.05, 4.69) is 10.2 Å². The van der Waals surface area contributed by atoms with Crippen LogP contribution in [0.15, 0.2) is 78.9 Å². The largest absolute Gasteiger partial charge is 0.487 e. The first kappa shape index (κ1) is 34.1. The number of amides is 1. The Balaban J connectivity index is 1.35. The summed E-state index contributed by atoms with van der Waals surface area (Å²) in [6.07, 6.45) is 5.38. The minimum absolute atomic E-state index is 0.0870. The van der Waals surface area contributed by atoms with E-state index < -0.39 is 47.6 Å². The van der Waals surface area contributed by atoms with Gasteiger partial charge < -0.3 is 29.8 Å². The van der Waals surface area contributed by atoms with Gasteiger partial charge in [0.15, 0.2) is 6.61 Å². The first-order valence-corrected chi connectivity index (χ1v) is 14.1. The van der Waals surface area contributed by atoms with Gasteiger partial charge in [-0.1, -0.05) is 48.6 Å². The monoisotopic (exact) mass is 618 g/mol. The number of carbonyl (C=O) groups is 2. The van der Waals surface area contributed by atoms with Gasteiger partial charge in [0, 0.05) is 18.8 Å². The zero-order valence-corrected chi connectivity index (χ0v) is 23.9. The molecule has 0 spiro atoms. The maximum Gasteiger partial charge on any atom is 0.330 e. The second-order valence-electron chi connectivity index (χ2n) is 10.3. The van der Waals surface area contributed by atoms with Crippen molar-refractivity contribution in [3.8, 4) is 11.5 Å². The zero-order chi connectivity index (χ0) is 32.0. The number of rotatable bonds is 17. The molecule has 2 aromatic rings. The molecule has 0 aliphatic heterocycles. The molecule has 11 nitrogen and oxygen atoms in total. The van der Waals surface area contributed by atoms with Crippen LogP contribution in [-0.2, 0) is 21.0 Å². The molecule has 3 N–H and O–H groups in total. The molecule has 0 saturated heterocycles. The van der Waals surface area contributed by atoms with Crippen molar-refractivity contribution in [1.82, 2.24) is 5.32 Å². The summed E-state index contributed by atoms with van der Waals surface area (Å²) in [5.74, 6) is -4.96. The second kappa shape index (κ2) is 17.1. The van der Waals surface area contributed by atoms with E-state index in [1.165, 1.54) is 18.2 Å². The Morgan fingerprint density at radius 1 is 1.07 bits per heavy atom. The number of unbranched alkanes of at least 4 members (excludes halogenated alkanes) is 1. The van der Waals surface area contributed by atoms with Crippen LogP contribution in [0.4, 0.5) is 8.78 Å². The van der Waals surface area contributed by atoms with E-state index >= 15 is 0 Å². The van der Waals surface area contributed by atoms with Gasteiger partial charge in [0.2, 0.25) is 5.91 Å². The molecular weight excluding hydrogens is 582 g/mol. The highest BCUT2D eigenvalue weighted by Crippen LogP contribution is 2.37. The number of hydrogen-bond acceptors (Lipinski definition) is 9. The number of allylic oxidation sites excluding steroid dienone is 2. The summed E-state index contributed by atoms with van der Waals surface area (Å²) in [4.78, 5) is 38.7. The summed E-state index contributed by atoms with van der Waals surface area (Å²) >= 11 is 0. The number of halogens is 2. The lowest BCUT2D eigenvalue weighted by Crippen LogP contribution is -2.31. The van der Waals surface area contributed by atoms with Crippen LogP contribution in [-0.4, -0.2) is 58.5 Å². The topological polar surface area (TPSA) is 157 Å². The van der Waals surface area contributed by atoms with Gasteiger partial charge in [-0.3, -0.25) is 4.79 Å². The van der Waals surface area contributed by atoms with Gasteiger partial charge >= 0.3 is 5.97 Å². The van der Waals surface area contributed by atoms with Gasteiger partial charge in [-0.2, -0.15) is 8.78 Å². The maximum absolute atomic E-state index is 14.4. The van der Waals surface area contributed by atoms with Crippen LogP contribution in [0.1, 0.15) is 37.7 Å². The number of esters is 1. The van der Waals surface area contributed by atoms with Crippen molar-refractivity contribution in [1.29, 1.82) is 0 Å². The Morgan fingerprint density at radius 3 is 2.57 bits per heavy atom.